The van der Waals surface area contributed by atoms with Gasteiger partial charge in [-0.25, -0.2) is 0 Å². The average Bonchev–Trinajstić information content (AvgIpc) is 3.35. The van der Waals surface area contributed by atoms with E-state index in [9.17, 15) is 19.2 Å². The number of nitrogens with zero attached hydrogens (tertiary/aromatic N) is 3. The Balaban J connectivity index is 1.64. The van der Waals surface area contributed by atoms with E-state index in [1.165, 1.54) is 0 Å². The molecule has 1 atom stereocenters. The second-order valence-corrected chi connectivity index (χ2v) is 10.9. The fourth-order valence-corrected chi connectivity index (χ4v) is 5.39. The normalized spacial score (nSPS) is 21.4. The highest BCUT2D eigenvalue weighted by Crippen LogP contribution is 2.36. The van der Waals surface area contributed by atoms with Crippen LogP contribution in [0.25, 0.3) is 0 Å². The lowest BCUT2D eigenvalue weighted by molar-refractivity contribution is -0.139. The van der Waals surface area contributed by atoms with Crippen LogP contribution in [-0.2, 0) is 26.3 Å². The average molecular weight is 538 g/mol. The summed E-state index contributed by atoms with van der Waals surface area (Å²) in [7, 11) is 0. The van der Waals surface area contributed by atoms with E-state index in [4.69, 9.17) is 4.52 Å². The molecule has 1 unspecified atom stereocenters. The van der Waals surface area contributed by atoms with Crippen molar-refractivity contribution in [1.82, 2.24) is 25.6 Å². The van der Waals surface area contributed by atoms with Gasteiger partial charge in [-0.15, -0.1) is 0 Å². The van der Waals surface area contributed by atoms with Gasteiger partial charge >= 0.3 is 0 Å². The molecule has 10 heteroatoms. The van der Waals surface area contributed by atoms with Crippen molar-refractivity contribution in [2.24, 2.45) is 5.92 Å². The summed E-state index contributed by atoms with van der Waals surface area (Å²) in [4.78, 5) is 56.9. The van der Waals surface area contributed by atoms with E-state index >= 15 is 0 Å². The molecule has 39 heavy (non-hydrogen) atoms. The molecule has 1 saturated heterocycles. The van der Waals surface area contributed by atoms with Crippen LogP contribution in [-0.4, -0.2) is 71.3 Å². The van der Waals surface area contributed by atoms with E-state index in [1.807, 2.05) is 24.3 Å². The Labute approximate surface area is 229 Å². The fraction of sp³-hybridized carbons (Fsp3) is 0.552. The lowest BCUT2D eigenvalue weighted by atomic mass is 9.75. The number of aryl methyl sites for hydroxylation is 2. The van der Waals surface area contributed by atoms with Crippen LogP contribution >= 0.6 is 0 Å². The summed E-state index contributed by atoms with van der Waals surface area (Å²) < 4.78 is 5.09. The topological polar surface area (TPSA) is 125 Å². The molecule has 1 aromatic heterocycles. The van der Waals surface area contributed by atoms with Gasteiger partial charge in [0.15, 0.2) is 5.69 Å². The first kappa shape index (κ1) is 28.3. The van der Waals surface area contributed by atoms with Crippen molar-refractivity contribution < 1.29 is 23.7 Å². The van der Waals surface area contributed by atoms with E-state index in [-0.39, 0.29) is 55.4 Å². The van der Waals surface area contributed by atoms with Crippen molar-refractivity contribution in [3.8, 4) is 0 Å². The standard InChI is InChI=1S/C29H39N5O5/c1-20(2)12-16-34-19-25(35)31-29(13-6-9-22-8-4-5-10-23(22)29)28(38)30-14-17-33(15-7-11-26(34)36)27(37)24-18-21(3)39-32-24/h4-5,8,10,18,20H,6-7,9,11-17,19H2,1-3H3,(H,30,38)(H,31,35). The van der Waals surface area contributed by atoms with E-state index < -0.39 is 5.54 Å². The van der Waals surface area contributed by atoms with E-state index in [1.54, 1.807) is 22.8 Å². The van der Waals surface area contributed by atoms with Gasteiger partial charge < -0.3 is 25.0 Å². The van der Waals surface area contributed by atoms with Gasteiger partial charge in [-0.2, -0.15) is 0 Å². The smallest absolute Gasteiger partial charge is 0.276 e. The SMILES string of the molecule is Cc1cc(C(=O)N2CCCC(=O)N(CCC(C)C)CC(=O)NC3(CCCc4ccccc43)C(=O)NCC2)no1. The minimum absolute atomic E-state index is 0.121. The number of carbonyl (C=O) groups excluding carboxylic acids is 4. The molecular formula is C29H39N5O5. The van der Waals surface area contributed by atoms with Crippen LogP contribution in [0.4, 0.5) is 0 Å². The van der Waals surface area contributed by atoms with Crippen LogP contribution < -0.4 is 10.6 Å². The van der Waals surface area contributed by atoms with Gasteiger partial charge in [0.25, 0.3) is 11.8 Å². The van der Waals surface area contributed by atoms with Crippen LogP contribution in [0.15, 0.2) is 34.9 Å². The van der Waals surface area contributed by atoms with Crippen LogP contribution in [0.2, 0.25) is 0 Å². The molecule has 2 heterocycles. The molecule has 1 aliphatic carbocycles. The van der Waals surface area contributed by atoms with E-state index in [0.29, 0.717) is 37.6 Å². The number of aromatic nitrogens is 1. The largest absolute Gasteiger partial charge is 0.361 e. The molecule has 2 aromatic rings. The summed E-state index contributed by atoms with van der Waals surface area (Å²) in [5.74, 6) is -0.244. The number of hydrogen-bond donors (Lipinski definition) is 2. The minimum atomic E-state index is -1.25. The van der Waals surface area contributed by atoms with Crippen LogP contribution in [0.5, 0.6) is 0 Å². The number of carbonyl (C=O) groups is 4. The zero-order chi connectivity index (χ0) is 28.0. The number of amides is 4. The van der Waals surface area contributed by atoms with Crippen molar-refractivity contribution in [3.05, 3.63) is 52.9 Å². The molecule has 1 aromatic carbocycles. The monoisotopic (exact) mass is 537 g/mol. The van der Waals surface area contributed by atoms with Gasteiger partial charge in [-0.1, -0.05) is 43.3 Å². The third-order valence-corrected chi connectivity index (χ3v) is 7.50. The van der Waals surface area contributed by atoms with E-state index in [0.717, 1.165) is 30.4 Å². The Hall–Kier alpha value is -3.69. The molecule has 1 spiro atoms. The summed E-state index contributed by atoms with van der Waals surface area (Å²) in [6, 6.07) is 9.26. The zero-order valence-electron chi connectivity index (χ0n) is 23.1. The molecular weight excluding hydrogens is 498 g/mol. The zero-order valence-corrected chi connectivity index (χ0v) is 23.1. The molecule has 2 N–H and O–H groups in total. The highest BCUT2D eigenvalue weighted by Gasteiger charge is 2.44. The molecule has 4 amide bonds. The van der Waals surface area contributed by atoms with Gasteiger partial charge in [-0.3, -0.25) is 19.2 Å². The Morgan fingerprint density at radius 3 is 2.67 bits per heavy atom. The Morgan fingerprint density at radius 1 is 1.13 bits per heavy atom. The third-order valence-electron chi connectivity index (χ3n) is 7.50. The quantitative estimate of drug-likeness (QED) is 0.618. The van der Waals surface area contributed by atoms with Crippen molar-refractivity contribution in [3.63, 3.8) is 0 Å². The van der Waals surface area contributed by atoms with Gasteiger partial charge in [0, 0.05) is 38.7 Å². The molecule has 10 nitrogen and oxygen atoms in total. The second-order valence-electron chi connectivity index (χ2n) is 10.9. The molecule has 210 valence electrons. The number of fused-ring (bicyclic) bond motifs is 2. The number of hydrogen-bond acceptors (Lipinski definition) is 6. The fourth-order valence-electron chi connectivity index (χ4n) is 5.39. The Morgan fingerprint density at radius 2 is 1.92 bits per heavy atom. The molecule has 0 saturated carbocycles. The predicted molar refractivity (Wildman–Crippen MR) is 145 cm³/mol. The summed E-state index contributed by atoms with van der Waals surface area (Å²) in [5, 5.41) is 9.89. The van der Waals surface area contributed by atoms with Crippen molar-refractivity contribution in [2.75, 3.05) is 32.7 Å². The van der Waals surface area contributed by atoms with Crippen molar-refractivity contribution in [2.45, 2.75) is 64.8 Å². The van der Waals surface area contributed by atoms with Crippen LogP contribution in [0.3, 0.4) is 0 Å². The first-order valence-corrected chi connectivity index (χ1v) is 13.9. The maximum Gasteiger partial charge on any atom is 0.276 e. The van der Waals surface area contributed by atoms with Crippen LogP contribution in [0.1, 0.15) is 73.3 Å². The maximum atomic E-state index is 13.8. The highest BCUT2D eigenvalue weighted by molar-refractivity contribution is 5.95. The third kappa shape index (κ3) is 6.66. The summed E-state index contributed by atoms with van der Waals surface area (Å²) in [6.45, 7) is 6.91. The van der Waals surface area contributed by atoms with E-state index in [2.05, 4.69) is 29.6 Å². The summed E-state index contributed by atoms with van der Waals surface area (Å²) in [6.07, 6.45) is 3.38. The maximum absolute atomic E-state index is 13.8. The van der Waals surface area contributed by atoms with Gasteiger partial charge in [0.1, 0.15) is 11.3 Å². The number of rotatable bonds is 4. The van der Waals surface area contributed by atoms with Gasteiger partial charge in [0.05, 0.1) is 6.54 Å². The first-order chi connectivity index (χ1) is 18.7. The number of benzene rings is 1. The van der Waals surface area contributed by atoms with Crippen molar-refractivity contribution >= 4 is 23.6 Å². The van der Waals surface area contributed by atoms with Crippen LogP contribution in [0, 0.1) is 12.8 Å². The molecule has 0 bridgehead atoms. The summed E-state index contributed by atoms with van der Waals surface area (Å²) in [5.41, 5.74) is 0.738. The Bertz CT molecular complexity index is 1210. The summed E-state index contributed by atoms with van der Waals surface area (Å²) >= 11 is 0. The predicted octanol–water partition coefficient (Wildman–Crippen LogP) is 2.56. The molecule has 1 aliphatic heterocycles. The molecule has 0 radical (unpaired) electrons. The van der Waals surface area contributed by atoms with Gasteiger partial charge in [0.2, 0.25) is 11.8 Å². The minimum Gasteiger partial charge on any atom is -0.361 e. The van der Waals surface area contributed by atoms with Crippen molar-refractivity contribution in [1.29, 1.82) is 0 Å². The second kappa shape index (κ2) is 12.4. The first-order valence-electron chi connectivity index (χ1n) is 13.9. The molecule has 4 rings (SSSR count). The highest BCUT2D eigenvalue weighted by atomic mass is 16.5. The van der Waals surface area contributed by atoms with Gasteiger partial charge in [-0.05, 0) is 56.1 Å². The molecule has 1 fully saturated rings. The lowest BCUT2D eigenvalue weighted by Crippen LogP contribution is -2.60. The number of nitrogens with one attached hydrogen (secondary N) is 2. The molecule has 2 aliphatic rings. The Kier molecular flexibility index (Phi) is 9.04. The lowest BCUT2D eigenvalue weighted by Gasteiger charge is -2.39.